The van der Waals surface area contributed by atoms with E-state index in [2.05, 4.69) is 10.6 Å². The van der Waals surface area contributed by atoms with Crippen molar-refractivity contribution in [2.75, 3.05) is 17.2 Å². The third-order valence-corrected chi connectivity index (χ3v) is 2.87. The normalized spacial score (nSPS) is 11.7. The van der Waals surface area contributed by atoms with Crippen molar-refractivity contribution >= 4 is 23.2 Å². The highest BCUT2D eigenvalue weighted by atomic mass is 16.2. The zero-order valence-electron chi connectivity index (χ0n) is 11.4. The number of rotatable bonds is 6. The van der Waals surface area contributed by atoms with Gasteiger partial charge in [-0.25, -0.2) is 0 Å². The van der Waals surface area contributed by atoms with Gasteiger partial charge in [0.15, 0.2) is 0 Å². The van der Waals surface area contributed by atoms with Crippen LogP contribution in [0.4, 0.5) is 11.4 Å². The first-order chi connectivity index (χ1) is 9.05. The molecule has 0 aromatic heterocycles. The molecule has 104 valence electrons. The molecule has 0 aliphatic rings. The van der Waals surface area contributed by atoms with Crippen LogP contribution in [0, 0.1) is 5.92 Å². The Bertz CT molecular complexity index is 425. The molecule has 1 rings (SSSR count). The fourth-order valence-corrected chi connectivity index (χ4v) is 1.71. The summed E-state index contributed by atoms with van der Waals surface area (Å²) < 4.78 is 0. The second-order valence-corrected chi connectivity index (χ2v) is 4.52. The molecular formula is C14H21N3O2. The highest BCUT2D eigenvalue weighted by molar-refractivity contribution is 5.92. The van der Waals surface area contributed by atoms with Gasteiger partial charge < -0.3 is 16.4 Å². The van der Waals surface area contributed by atoms with Gasteiger partial charge in [-0.1, -0.05) is 13.3 Å². The first kappa shape index (κ1) is 15.2. The molecular weight excluding hydrogens is 242 g/mol. The number of benzene rings is 1. The van der Waals surface area contributed by atoms with E-state index in [1.54, 1.807) is 24.3 Å². The molecule has 0 saturated heterocycles. The van der Waals surface area contributed by atoms with Gasteiger partial charge in [0.05, 0.1) is 0 Å². The maximum atomic E-state index is 11.8. The van der Waals surface area contributed by atoms with Crippen molar-refractivity contribution in [3.8, 4) is 0 Å². The zero-order valence-corrected chi connectivity index (χ0v) is 11.4. The Balaban J connectivity index is 2.53. The second kappa shape index (κ2) is 7.53. The molecule has 0 radical (unpaired) electrons. The van der Waals surface area contributed by atoms with Crippen LogP contribution in [0.25, 0.3) is 0 Å². The van der Waals surface area contributed by atoms with E-state index in [-0.39, 0.29) is 17.7 Å². The maximum absolute atomic E-state index is 11.8. The van der Waals surface area contributed by atoms with Crippen molar-refractivity contribution in [3.05, 3.63) is 24.3 Å². The van der Waals surface area contributed by atoms with Crippen molar-refractivity contribution in [3.63, 3.8) is 0 Å². The minimum atomic E-state index is -0.120. The molecule has 2 amide bonds. The number of hydrogen-bond donors (Lipinski definition) is 3. The van der Waals surface area contributed by atoms with E-state index in [1.165, 1.54) is 6.92 Å². The standard InChI is InChI=1S/C14H21N3O2/c1-3-11(9-15)8-14(19)17-13-6-4-12(5-7-13)16-10(2)18/h4-7,11H,3,8-9,15H2,1-2H3,(H,16,18)(H,17,19). The van der Waals surface area contributed by atoms with E-state index in [0.29, 0.717) is 24.3 Å². The predicted molar refractivity (Wildman–Crippen MR) is 76.8 cm³/mol. The predicted octanol–water partition coefficient (Wildman–Crippen LogP) is 1.96. The summed E-state index contributed by atoms with van der Waals surface area (Å²) in [6.45, 7) is 3.99. The molecule has 1 aromatic rings. The molecule has 1 aromatic carbocycles. The van der Waals surface area contributed by atoms with Crippen LogP contribution in [0.3, 0.4) is 0 Å². The summed E-state index contributed by atoms with van der Waals surface area (Å²) in [7, 11) is 0. The Kier molecular flexibility index (Phi) is 6.02. The number of nitrogens with two attached hydrogens (primary N) is 1. The molecule has 0 aliphatic carbocycles. The molecule has 4 N–H and O–H groups in total. The molecule has 5 heteroatoms. The first-order valence-electron chi connectivity index (χ1n) is 6.42. The average Bonchev–Trinajstić information content (AvgIpc) is 2.37. The molecule has 1 atom stereocenters. The Hall–Kier alpha value is -1.88. The van der Waals surface area contributed by atoms with Crippen LogP contribution in [0.1, 0.15) is 26.7 Å². The number of nitrogens with one attached hydrogen (secondary N) is 2. The average molecular weight is 263 g/mol. The Morgan fingerprint density at radius 2 is 1.68 bits per heavy atom. The molecule has 19 heavy (non-hydrogen) atoms. The zero-order chi connectivity index (χ0) is 14.3. The van der Waals surface area contributed by atoms with Gasteiger partial charge in [0.1, 0.15) is 0 Å². The molecule has 0 saturated carbocycles. The lowest BCUT2D eigenvalue weighted by molar-refractivity contribution is -0.117. The topological polar surface area (TPSA) is 84.2 Å². The van der Waals surface area contributed by atoms with E-state index in [0.717, 1.165) is 6.42 Å². The Morgan fingerprint density at radius 3 is 2.11 bits per heavy atom. The SMILES string of the molecule is CCC(CN)CC(=O)Nc1ccc(NC(C)=O)cc1. The van der Waals surface area contributed by atoms with Crippen LogP contribution in [0.15, 0.2) is 24.3 Å². The summed E-state index contributed by atoms with van der Waals surface area (Å²) in [4.78, 5) is 22.6. The minimum Gasteiger partial charge on any atom is -0.330 e. The van der Waals surface area contributed by atoms with Gasteiger partial charge in [-0.3, -0.25) is 9.59 Å². The van der Waals surface area contributed by atoms with Crippen molar-refractivity contribution < 1.29 is 9.59 Å². The lowest BCUT2D eigenvalue weighted by Gasteiger charge is -2.12. The fraction of sp³-hybridized carbons (Fsp3) is 0.429. The third kappa shape index (κ3) is 5.52. The number of carbonyl (C=O) groups is 2. The summed E-state index contributed by atoms with van der Waals surface area (Å²) in [5.74, 6) is 0.0637. The fourth-order valence-electron chi connectivity index (χ4n) is 1.71. The summed E-state index contributed by atoms with van der Waals surface area (Å²) in [6.07, 6.45) is 1.33. The molecule has 0 aliphatic heterocycles. The van der Waals surface area contributed by atoms with E-state index in [9.17, 15) is 9.59 Å². The molecule has 0 spiro atoms. The first-order valence-corrected chi connectivity index (χ1v) is 6.42. The van der Waals surface area contributed by atoms with Gasteiger partial charge in [0, 0.05) is 24.7 Å². The van der Waals surface area contributed by atoms with Crippen LogP contribution < -0.4 is 16.4 Å². The third-order valence-electron chi connectivity index (χ3n) is 2.87. The van der Waals surface area contributed by atoms with Gasteiger partial charge in [-0.05, 0) is 36.7 Å². The number of carbonyl (C=O) groups excluding carboxylic acids is 2. The van der Waals surface area contributed by atoms with Crippen molar-refractivity contribution in [1.29, 1.82) is 0 Å². The molecule has 1 unspecified atom stereocenters. The van der Waals surface area contributed by atoms with E-state index >= 15 is 0 Å². The van der Waals surface area contributed by atoms with Crippen LogP contribution in [0.5, 0.6) is 0 Å². The number of anilines is 2. The van der Waals surface area contributed by atoms with Gasteiger partial charge in [-0.2, -0.15) is 0 Å². The summed E-state index contributed by atoms with van der Waals surface area (Å²) >= 11 is 0. The van der Waals surface area contributed by atoms with E-state index < -0.39 is 0 Å². The lowest BCUT2D eigenvalue weighted by Crippen LogP contribution is -2.21. The maximum Gasteiger partial charge on any atom is 0.224 e. The lowest BCUT2D eigenvalue weighted by atomic mass is 10.0. The smallest absolute Gasteiger partial charge is 0.224 e. The highest BCUT2D eigenvalue weighted by Crippen LogP contribution is 2.15. The summed E-state index contributed by atoms with van der Waals surface area (Å²) in [6, 6.07) is 7.01. The van der Waals surface area contributed by atoms with Crippen molar-refractivity contribution in [1.82, 2.24) is 0 Å². The van der Waals surface area contributed by atoms with Crippen LogP contribution in [-0.2, 0) is 9.59 Å². The van der Waals surface area contributed by atoms with Gasteiger partial charge in [0.25, 0.3) is 0 Å². The van der Waals surface area contributed by atoms with Crippen molar-refractivity contribution in [2.24, 2.45) is 11.7 Å². The monoisotopic (exact) mass is 263 g/mol. The minimum absolute atomic E-state index is 0.0374. The van der Waals surface area contributed by atoms with Crippen LogP contribution in [0.2, 0.25) is 0 Å². The Labute approximate surface area is 113 Å². The van der Waals surface area contributed by atoms with E-state index in [4.69, 9.17) is 5.73 Å². The summed E-state index contributed by atoms with van der Waals surface area (Å²) in [5.41, 5.74) is 6.99. The largest absolute Gasteiger partial charge is 0.330 e. The molecule has 0 fully saturated rings. The van der Waals surface area contributed by atoms with Crippen LogP contribution in [-0.4, -0.2) is 18.4 Å². The highest BCUT2D eigenvalue weighted by Gasteiger charge is 2.10. The number of hydrogen-bond acceptors (Lipinski definition) is 3. The summed E-state index contributed by atoms with van der Waals surface area (Å²) in [5, 5.41) is 5.48. The van der Waals surface area contributed by atoms with Gasteiger partial charge >= 0.3 is 0 Å². The molecule has 0 heterocycles. The quantitative estimate of drug-likeness (QED) is 0.733. The molecule has 0 bridgehead atoms. The van der Waals surface area contributed by atoms with Gasteiger partial charge in [-0.15, -0.1) is 0 Å². The second-order valence-electron chi connectivity index (χ2n) is 4.52. The van der Waals surface area contributed by atoms with Gasteiger partial charge in [0.2, 0.25) is 11.8 Å². The van der Waals surface area contributed by atoms with Crippen molar-refractivity contribution in [2.45, 2.75) is 26.7 Å². The van der Waals surface area contributed by atoms with Crippen LogP contribution >= 0.6 is 0 Å². The number of amides is 2. The Morgan fingerprint density at radius 1 is 1.16 bits per heavy atom. The molecule has 5 nitrogen and oxygen atoms in total. The van der Waals surface area contributed by atoms with E-state index in [1.807, 2.05) is 6.92 Å².